The van der Waals surface area contributed by atoms with Gasteiger partial charge in [0.2, 0.25) is 0 Å². The fraction of sp³-hybridized carbons (Fsp3) is 0.400. The average molecular weight is 602 g/mol. The van der Waals surface area contributed by atoms with E-state index in [9.17, 15) is 32.7 Å². The maximum absolute atomic E-state index is 13.6. The molecule has 0 unspecified atom stereocenters. The Morgan fingerprint density at radius 3 is 2.37 bits per heavy atom. The van der Waals surface area contributed by atoms with E-state index in [1.807, 2.05) is 18.7 Å². The molecule has 4 rings (SSSR count). The number of likely N-dealkylation sites (tertiary alicyclic amines) is 1. The summed E-state index contributed by atoms with van der Waals surface area (Å²) in [6, 6.07) is 10.0. The number of aryl methyl sites for hydroxylation is 2. The quantitative estimate of drug-likeness (QED) is 0.192. The number of phenolic OH excluding ortho intramolecular Hbond substituents is 1. The predicted molar refractivity (Wildman–Crippen MR) is 155 cm³/mol. The number of para-hydroxylation sites is 1. The second-order valence-corrected chi connectivity index (χ2v) is 10.8. The lowest BCUT2D eigenvalue weighted by Crippen LogP contribution is -2.49. The van der Waals surface area contributed by atoms with Crippen molar-refractivity contribution in [3.63, 3.8) is 0 Å². The molecule has 4 N–H and O–H groups in total. The Kier molecular flexibility index (Phi) is 9.55. The maximum atomic E-state index is 13.6. The van der Waals surface area contributed by atoms with E-state index >= 15 is 0 Å². The lowest BCUT2D eigenvalue weighted by molar-refractivity contribution is -0.138. The Morgan fingerprint density at radius 2 is 1.74 bits per heavy atom. The van der Waals surface area contributed by atoms with Crippen LogP contribution in [0.1, 0.15) is 42.4 Å². The number of alkyl halides is 3. The number of carbonyl (C=O) groups is 3. The molecule has 0 radical (unpaired) electrons. The standard InChI is InChI=1S/C30H34F3N5O5/c1-17-7-8-21(13-18(17)2)38-28(42)23(14-34-16-30(31,32)33)19(3)26(29(38)43)36-35-24-6-4-5-22(27(24)41)20-9-11-37(12-10-20)15-25(39)40/h4-8,13,20,34-35,41H,9-12,14-16H2,1-3H3,(H,39,40)/b36-26+. The van der Waals surface area contributed by atoms with Crippen molar-refractivity contribution in [3.8, 4) is 5.75 Å². The molecule has 13 heteroatoms. The Labute approximate surface area is 246 Å². The molecular weight excluding hydrogens is 567 g/mol. The number of carbonyl (C=O) groups excluding carboxylic acids is 2. The van der Waals surface area contributed by atoms with Gasteiger partial charge in [0, 0.05) is 12.1 Å². The predicted octanol–water partition coefficient (Wildman–Crippen LogP) is 4.08. The van der Waals surface area contributed by atoms with Gasteiger partial charge in [-0.3, -0.25) is 24.7 Å². The number of benzene rings is 2. The Bertz CT molecular complexity index is 1480. The average Bonchev–Trinajstić information content (AvgIpc) is 2.93. The number of hydrogen-bond donors (Lipinski definition) is 4. The number of piperidine rings is 1. The van der Waals surface area contributed by atoms with Gasteiger partial charge >= 0.3 is 12.1 Å². The number of amides is 2. The van der Waals surface area contributed by atoms with E-state index < -0.39 is 37.0 Å². The van der Waals surface area contributed by atoms with Crippen molar-refractivity contribution in [3.05, 3.63) is 64.2 Å². The molecule has 0 aliphatic carbocycles. The molecule has 0 spiro atoms. The lowest BCUT2D eigenvalue weighted by Gasteiger charge is -2.31. The minimum Gasteiger partial charge on any atom is -0.505 e. The van der Waals surface area contributed by atoms with Crippen LogP contribution in [0.15, 0.2) is 52.6 Å². The molecule has 2 aromatic carbocycles. The number of carboxylic acid groups (broad SMARTS) is 1. The van der Waals surface area contributed by atoms with Crippen LogP contribution in [-0.2, 0) is 14.4 Å². The molecule has 2 aliphatic rings. The number of nitrogens with zero attached hydrogens (tertiary/aromatic N) is 3. The molecule has 1 fully saturated rings. The van der Waals surface area contributed by atoms with Gasteiger partial charge in [0.15, 0.2) is 5.71 Å². The molecule has 0 bridgehead atoms. The number of nitrogens with one attached hydrogen (secondary N) is 2. The van der Waals surface area contributed by atoms with Crippen molar-refractivity contribution >= 4 is 34.9 Å². The van der Waals surface area contributed by atoms with Crippen LogP contribution in [0, 0.1) is 13.8 Å². The molecule has 0 aromatic heterocycles. The van der Waals surface area contributed by atoms with Crippen molar-refractivity contribution < 1.29 is 37.8 Å². The smallest absolute Gasteiger partial charge is 0.401 e. The van der Waals surface area contributed by atoms with E-state index in [4.69, 9.17) is 5.11 Å². The van der Waals surface area contributed by atoms with Crippen LogP contribution in [-0.4, -0.2) is 77.5 Å². The van der Waals surface area contributed by atoms with E-state index in [1.165, 1.54) is 6.92 Å². The maximum Gasteiger partial charge on any atom is 0.401 e. The SMILES string of the molecule is CC1=C(CNCC(F)(F)F)C(=O)N(c2ccc(C)c(C)c2)C(=O)/C1=N/Nc1cccc(C2CCN(CC(=O)O)CC2)c1O. The summed E-state index contributed by atoms with van der Waals surface area (Å²) in [7, 11) is 0. The third-order valence-electron chi connectivity index (χ3n) is 7.79. The highest BCUT2D eigenvalue weighted by Crippen LogP contribution is 2.38. The highest BCUT2D eigenvalue weighted by Gasteiger charge is 2.38. The minimum absolute atomic E-state index is 0.0263. The summed E-state index contributed by atoms with van der Waals surface area (Å²) in [4.78, 5) is 40.8. The number of anilines is 2. The first-order valence-corrected chi connectivity index (χ1v) is 13.8. The molecule has 2 aliphatic heterocycles. The van der Waals surface area contributed by atoms with Gasteiger partial charge in [-0.25, -0.2) is 4.90 Å². The highest BCUT2D eigenvalue weighted by atomic mass is 19.4. The summed E-state index contributed by atoms with van der Waals surface area (Å²) < 4.78 is 38.5. The lowest BCUT2D eigenvalue weighted by atomic mass is 9.88. The molecule has 230 valence electrons. The minimum atomic E-state index is -4.50. The molecule has 0 atom stereocenters. The number of rotatable bonds is 9. The van der Waals surface area contributed by atoms with Crippen LogP contribution >= 0.6 is 0 Å². The van der Waals surface area contributed by atoms with Gasteiger partial charge in [-0.15, -0.1) is 0 Å². The van der Waals surface area contributed by atoms with Gasteiger partial charge in [-0.2, -0.15) is 18.3 Å². The first-order valence-electron chi connectivity index (χ1n) is 13.8. The molecule has 2 amide bonds. The summed E-state index contributed by atoms with van der Waals surface area (Å²) in [6.07, 6.45) is -3.22. The number of aliphatic carboxylic acids is 1. The molecule has 43 heavy (non-hydrogen) atoms. The number of imide groups is 1. The van der Waals surface area contributed by atoms with Crippen molar-refractivity contribution in [1.82, 2.24) is 10.2 Å². The molecular formula is C30H34F3N5O5. The second kappa shape index (κ2) is 13.0. The topological polar surface area (TPSA) is 135 Å². The van der Waals surface area contributed by atoms with Crippen molar-refractivity contribution in [2.24, 2.45) is 5.10 Å². The monoisotopic (exact) mass is 601 g/mol. The number of hydrogen-bond acceptors (Lipinski definition) is 8. The first-order chi connectivity index (χ1) is 20.3. The second-order valence-electron chi connectivity index (χ2n) is 10.8. The number of aromatic hydroxyl groups is 1. The van der Waals surface area contributed by atoms with E-state index in [0.29, 0.717) is 31.5 Å². The van der Waals surface area contributed by atoms with E-state index in [0.717, 1.165) is 16.0 Å². The third kappa shape index (κ3) is 7.41. The van der Waals surface area contributed by atoms with E-state index in [-0.39, 0.29) is 46.4 Å². The van der Waals surface area contributed by atoms with Crippen LogP contribution in [0.2, 0.25) is 0 Å². The van der Waals surface area contributed by atoms with Crippen molar-refractivity contribution in [1.29, 1.82) is 0 Å². The van der Waals surface area contributed by atoms with Crippen LogP contribution in [0.25, 0.3) is 0 Å². The molecule has 0 saturated carbocycles. The highest BCUT2D eigenvalue weighted by molar-refractivity contribution is 6.57. The Hall–Kier alpha value is -4.23. The van der Waals surface area contributed by atoms with Crippen molar-refractivity contribution in [2.45, 2.75) is 45.7 Å². The van der Waals surface area contributed by atoms with Crippen LogP contribution in [0.3, 0.4) is 0 Å². The van der Waals surface area contributed by atoms with Gasteiger partial charge in [-0.1, -0.05) is 18.2 Å². The first kappa shape index (κ1) is 31.7. The third-order valence-corrected chi connectivity index (χ3v) is 7.79. The summed E-state index contributed by atoms with van der Waals surface area (Å²) >= 11 is 0. The number of phenols is 1. The van der Waals surface area contributed by atoms with Gasteiger partial charge in [0.25, 0.3) is 11.8 Å². The van der Waals surface area contributed by atoms with Gasteiger partial charge in [-0.05, 0) is 93.1 Å². The van der Waals surface area contributed by atoms with Crippen molar-refractivity contribution in [2.75, 3.05) is 43.0 Å². The summed E-state index contributed by atoms with van der Waals surface area (Å²) in [6.45, 7) is 4.42. The zero-order valence-electron chi connectivity index (χ0n) is 24.1. The zero-order valence-corrected chi connectivity index (χ0v) is 24.1. The normalized spacial score (nSPS) is 18.1. The zero-order chi connectivity index (χ0) is 31.5. The fourth-order valence-electron chi connectivity index (χ4n) is 5.26. The van der Waals surface area contributed by atoms with E-state index in [1.54, 1.807) is 36.4 Å². The molecule has 2 aromatic rings. The van der Waals surface area contributed by atoms with E-state index in [2.05, 4.69) is 15.8 Å². The number of halogens is 3. The van der Waals surface area contributed by atoms with Gasteiger partial charge in [0.1, 0.15) is 5.75 Å². The van der Waals surface area contributed by atoms with Crippen LogP contribution in [0.4, 0.5) is 24.5 Å². The van der Waals surface area contributed by atoms with Crippen LogP contribution < -0.4 is 15.6 Å². The fourth-order valence-corrected chi connectivity index (χ4v) is 5.26. The summed E-state index contributed by atoms with van der Waals surface area (Å²) in [5.74, 6) is -2.52. The molecule has 10 nitrogen and oxygen atoms in total. The largest absolute Gasteiger partial charge is 0.505 e. The van der Waals surface area contributed by atoms with Gasteiger partial charge < -0.3 is 15.5 Å². The molecule has 1 saturated heterocycles. The summed E-state index contributed by atoms with van der Waals surface area (Å²) in [5.41, 5.74) is 5.44. The molecule has 2 heterocycles. The Morgan fingerprint density at radius 1 is 1.05 bits per heavy atom. The number of hydrazone groups is 1. The van der Waals surface area contributed by atoms with Crippen LogP contribution in [0.5, 0.6) is 5.75 Å². The Balaban J connectivity index is 1.64. The summed E-state index contributed by atoms with van der Waals surface area (Å²) in [5, 5.41) is 26.6. The number of carboxylic acids is 1. The van der Waals surface area contributed by atoms with Gasteiger partial charge in [0.05, 0.1) is 24.5 Å².